The topological polar surface area (TPSA) is 32.3 Å². The summed E-state index contributed by atoms with van der Waals surface area (Å²) in [5, 5.41) is 2.75. The summed E-state index contributed by atoms with van der Waals surface area (Å²) in [7, 11) is 0. The molecule has 0 aliphatic carbocycles. The molecule has 4 heteroatoms. The van der Waals surface area contributed by atoms with Gasteiger partial charge in [0.2, 0.25) is 0 Å². The van der Waals surface area contributed by atoms with Crippen LogP contribution in [0.1, 0.15) is 25.8 Å². The number of rotatable bonds is 2. The maximum atomic E-state index is 13.0. The van der Waals surface area contributed by atoms with Gasteiger partial charge >= 0.3 is 6.03 Å². The van der Waals surface area contributed by atoms with Crippen molar-refractivity contribution in [2.45, 2.75) is 20.3 Å². The number of likely N-dealkylation sites (tertiary alicyclic amines) is 1. The van der Waals surface area contributed by atoms with Gasteiger partial charge in [-0.25, -0.2) is 9.18 Å². The van der Waals surface area contributed by atoms with Crippen LogP contribution in [-0.2, 0) is 0 Å². The van der Waals surface area contributed by atoms with E-state index in [2.05, 4.69) is 19.2 Å². The predicted molar refractivity (Wildman–Crippen MR) is 78.5 cm³/mol. The van der Waals surface area contributed by atoms with Gasteiger partial charge in [-0.3, -0.25) is 0 Å². The highest BCUT2D eigenvalue weighted by Crippen LogP contribution is 2.20. The number of hydrogen-bond donors (Lipinski definition) is 1. The standard InChI is InChI=1S/C16H21FN2O/c1-12-8-13(2)11-19(10-12)16(20)18-7-6-14-4-3-5-15(17)9-14/h3-7,9,12-13H,8,10-11H2,1-2H3,(H,18,20)/b7-6+. The van der Waals surface area contributed by atoms with Gasteiger partial charge in [0.25, 0.3) is 0 Å². The largest absolute Gasteiger partial charge is 0.324 e. The van der Waals surface area contributed by atoms with Crippen molar-refractivity contribution in [3.8, 4) is 0 Å². The van der Waals surface area contributed by atoms with Crippen LogP contribution in [-0.4, -0.2) is 24.0 Å². The molecule has 2 amide bonds. The molecule has 20 heavy (non-hydrogen) atoms. The summed E-state index contributed by atoms with van der Waals surface area (Å²) < 4.78 is 13.0. The lowest BCUT2D eigenvalue weighted by Gasteiger charge is -2.34. The quantitative estimate of drug-likeness (QED) is 0.881. The average molecular weight is 276 g/mol. The number of urea groups is 1. The lowest BCUT2D eigenvalue weighted by Crippen LogP contribution is -2.46. The summed E-state index contributed by atoms with van der Waals surface area (Å²) in [6, 6.07) is 6.16. The zero-order chi connectivity index (χ0) is 14.5. The molecule has 0 saturated carbocycles. The van der Waals surface area contributed by atoms with Gasteiger partial charge < -0.3 is 10.2 Å². The zero-order valence-electron chi connectivity index (χ0n) is 12.0. The minimum absolute atomic E-state index is 0.0870. The highest BCUT2D eigenvalue weighted by atomic mass is 19.1. The highest BCUT2D eigenvalue weighted by Gasteiger charge is 2.24. The molecule has 1 fully saturated rings. The molecule has 1 aliphatic rings. The second-order valence-electron chi connectivity index (χ2n) is 5.69. The maximum absolute atomic E-state index is 13.0. The number of nitrogens with zero attached hydrogens (tertiary/aromatic N) is 1. The molecule has 1 heterocycles. The molecule has 0 radical (unpaired) electrons. The van der Waals surface area contributed by atoms with Gasteiger partial charge in [-0.1, -0.05) is 26.0 Å². The van der Waals surface area contributed by atoms with Crippen molar-refractivity contribution < 1.29 is 9.18 Å². The van der Waals surface area contributed by atoms with Gasteiger partial charge in [0.05, 0.1) is 0 Å². The molecule has 2 atom stereocenters. The number of benzene rings is 1. The number of piperidine rings is 1. The van der Waals surface area contributed by atoms with Gasteiger partial charge in [0, 0.05) is 19.3 Å². The minimum Gasteiger partial charge on any atom is -0.324 e. The first-order valence-electron chi connectivity index (χ1n) is 7.02. The molecule has 0 spiro atoms. The molecule has 1 aromatic carbocycles. The van der Waals surface area contributed by atoms with E-state index in [-0.39, 0.29) is 11.8 Å². The lowest BCUT2D eigenvalue weighted by atomic mass is 9.92. The Morgan fingerprint density at radius 2 is 2.05 bits per heavy atom. The van der Waals surface area contributed by atoms with Crippen LogP contribution >= 0.6 is 0 Å². The number of amides is 2. The Kier molecular flexibility index (Phi) is 4.77. The van der Waals surface area contributed by atoms with E-state index in [1.807, 2.05) is 4.90 Å². The van der Waals surface area contributed by atoms with E-state index in [1.165, 1.54) is 18.6 Å². The molecule has 3 nitrogen and oxygen atoms in total. The summed E-state index contributed by atoms with van der Waals surface area (Å²) in [4.78, 5) is 13.9. The normalized spacial score (nSPS) is 23.1. The Labute approximate surface area is 119 Å². The molecule has 0 aromatic heterocycles. The van der Waals surface area contributed by atoms with Crippen molar-refractivity contribution >= 4 is 12.1 Å². The summed E-state index contributed by atoms with van der Waals surface area (Å²) in [6.45, 7) is 5.92. The first-order valence-corrected chi connectivity index (χ1v) is 7.02. The van der Waals surface area contributed by atoms with Crippen molar-refractivity contribution in [2.75, 3.05) is 13.1 Å². The fourth-order valence-corrected chi connectivity index (χ4v) is 2.74. The zero-order valence-corrected chi connectivity index (χ0v) is 12.0. The van der Waals surface area contributed by atoms with Crippen LogP contribution in [0.15, 0.2) is 30.5 Å². The number of nitrogens with one attached hydrogen (secondary N) is 1. The molecule has 1 saturated heterocycles. The summed E-state index contributed by atoms with van der Waals surface area (Å²) in [5.41, 5.74) is 0.727. The third kappa shape index (κ3) is 4.08. The van der Waals surface area contributed by atoms with Crippen molar-refractivity contribution in [3.05, 3.63) is 41.8 Å². The number of carbonyl (C=O) groups is 1. The molecule has 2 unspecified atom stereocenters. The van der Waals surface area contributed by atoms with Crippen LogP contribution in [0.25, 0.3) is 6.08 Å². The molecule has 1 aliphatic heterocycles. The molecule has 108 valence electrons. The van der Waals surface area contributed by atoms with E-state index in [9.17, 15) is 9.18 Å². The van der Waals surface area contributed by atoms with E-state index in [1.54, 1.807) is 24.4 Å². The second-order valence-corrected chi connectivity index (χ2v) is 5.69. The molecule has 1 N–H and O–H groups in total. The number of carbonyl (C=O) groups excluding carboxylic acids is 1. The minimum atomic E-state index is -0.280. The van der Waals surface area contributed by atoms with Crippen LogP contribution < -0.4 is 5.32 Å². The molecular weight excluding hydrogens is 255 g/mol. The molecular formula is C16H21FN2O. The monoisotopic (exact) mass is 276 g/mol. The van der Waals surface area contributed by atoms with Crippen LogP contribution in [0, 0.1) is 17.7 Å². The van der Waals surface area contributed by atoms with E-state index >= 15 is 0 Å². The van der Waals surface area contributed by atoms with Crippen molar-refractivity contribution in [1.82, 2.24) is 10.2 Å². The summed E-state index contributed by atoms with van der Waals surface area (Å²) in [5.74, 6) is 0.797. The Hall–Kier alpha value is -1.84. The van der Waals surface area contributed by atoms with Gasteiger partial charge in [-0.15, -0.1) is 0 Å². The third-order valence-electron chi connectivity index (χ3n) is 3.49. The summed E-state index contributed by atoms with van der Waals surface area (Å²) >= 11 is 0. The van der Waals surface area contributed by atoms with Crippen LogP contribution in [0.4, 0.5) is 9.18 Å². The number of hydrogen-bond acceptors (Lipinski definition) is 1. The second kappa shape index (κ2) is 6.55. The van der Waals surface area contributed by atoms with E-state index < -0.39 is 0 Å². The van der Waals surface area contributed by atoms with Crippen molar-refractivity contribution in [2.24, 2.45) is 11.8 Å². The Morgan fingerprint density at radius 1 is 1.35 bits per heavy atom. The van der Waals surface area contributed by atoms with Gasteiger partial charge in [-0.2, -0.15) is 0 Å². The Bertz CT molecular complexity index is 491. The van der Waals surface area contributed by atoms with Gasteiger partial charge in [-0.05, 0) is 42.0 Å². The van der Waals surface area contributed by atoms with Crippen LogP contribution in [0.5, 0.6) is 0 Å². The van der Waals surface area contributed by atoms with Crippen molar-refractivity contribution in [3.63, 3.8) is 0 Å². The van der Waals surface area contributed by atoms with Crippen molar-refractivity contribution in [1.29, 1.82) is 0 Å². The average Bonchev–Trinajstić information content (AvgIpc) is 2.37. The first-order chi connectivity index (χ1) is 9.54. The first kappa shape index (κ1) is 14.6. The highest BCUT2D eigenvalue weighted by molar-refractivity contribution is 5.76. The van der Waals surface area contributed by atoms with Crippen LogP contribution in [0.2, 0.25) is 0 Å². The molecule has 2 rings (SSSR count). The van der Waals surface area contributed by atoms with Crippen LogP contribution in [0.3, 0.4) is 0 Å². The number of halogens is 1. The molecule has 0 bridgehead atoms. The third-order valence-corrected chi connectivity index (χ3v) is 3.49. The maximum Gasteiger partial charge on any atom is 0.321 e. The Morgan fingerprint density at radius 3 is 2.70 bits per heavy atom. The molecule has 1 aromatic rings. The predicted octanol–water partition coefficient (Wildman–Crippen LogP) is 3.48. The fourth-order valence-electron chi connectivity index (χ4n) is 2.74. The smallest absolute Gasteiger partial charge is 0.321 e. The fraction of sp³-hybridized carbons (Fsp3) is 0.438. The SMILES string of the molecule is CC1CC(C)CN(C(=O)N/C=C/c2cccc(F)c2)C1. The van der Waals surface area contributed by atoms with E-state index in [0.29, 0.717) is 11.8 Å². The van der Waals surface area contributed by atoms with E-state index in [0.717, 1.165) is 18.7 Å². The van der Waals surface area contributed by atoms with Gasteiger partial charge in [0.15, 0.2) is 0 Å². The summed E-state index contributed by atoms with van der Waals surface area (Å²) in [6.07, 6.45) is 4.43. The van der Waals surface area contributed by atoms with Gasteiger partial charge in [0.1, 0.15) is 5.82 Å². The Balaban J connectivity index is 1.88. The van der Waals surface area contributed by atoms with E-state index in [4.69, 9.17) is 0 Å². The lowest BCUT2D eigenvalue weighted by molar-refractivity contribution is 0.149.